The summed E-state index contributed by atoms with van der Waals surface area (Å²) in [7, 11) is 0. The maximum Gasteiger partial charge on any atom is 0.416 e. The Kier molecular flexibility index (Phi) is 4.51. The summed E-state index contributed by atoms with van der Waals surface area (Å²) >= 11 is 0. The van der Waals surface area contributed by atoms with Crippen molar-refractivity contribution in [3.05, 3.63) is 35.4 Å². The Morgan fingerprint density at radius 1 is 1.20 bits per heavy atom. The molecular weight excluding hydrogens is 265 g/mol. The van der Waals surface area contributed by atoms with E-state index in [-0.39, 0.29) is 17.3 Å². The number of rotatable bonds is 3. The van der Waals surface area contributed by atoms with Gasteiger partial charge in [-0.15, -0.1) is 0 Å². The average molecular weight is 284 g/mol. The minimum Gasteiger partial charge on any atom is -0.294 e. The van der Waals surface area contributed by atoms with Crippen LogP contribution < -0.4 is 0 Å². The third kappa shape index (κ3) is 3.41. The molecule has 0 aliphatic heterocycles. The third-order valence-corrected chi connectivity index (χ3v) is 4.27. The maximum atomic E-state index is 12.7. The van der Waals surface area contributed by atoms with Crippen LogP contribution in [0.15, 0.2) is 24.3 Å². The summed E-state index contributed by atoms with van der Waals surface area (Å²) in [4.78, 5) is 12.3. The fourth-order valence-electron chi connectivity index (χ4n) is 2.92. The summed E-state index contributed by atoms with van der Waals surface area (Å²) in [6, 6.07) is 4.79. The number of alkyl halides is 3. The monoisotopic (exact) mass is 284 g/mol. The number of hydrogen-bond donors (Lipinski definition) is 0. The molecule has 1 aliphatic carbocycles. The van der Waals surface area contributed by atoms with Gasteiger partial charge in [0.1, 0.15) is 0 Å². The molecule has 1 fully saturated rings. The lowest BCUT2D eigenvalue weighted by Crippen LogP contribution is -2.22. The number of carbonyl (C=O) groups is 1. The molecule has 2 rings (SSSR count). The molecule has 0 saturated heterocycles. The molecular formula is C16H19F3O. The van der Waals surface area contributed by atoms with Crippen LogP contribution in [-0.2, 0) is 6.18 Å². The number of halogens is 3. The molecule has 0 N–H and O–H groups in total. The fraction of sp³-hybridized carbons (Fsp3) is 0.562. The zero-order chi connectivity index (χ0) is 14.8. The summed E-state index contributed by atoms with van der Waals surface area (Å²) in [5.74, 6) is 0.424. The topological polar surface area (TPSA) is 17.1 Å². The largest absolute Gasteiger partial charge is 0.416 e. The van der Waals surface area contributed by atoms with Crippen LogP contribution in [0.1, 0.15) is 54.9 Å². The van der Waals surface area contributed by atoms with Gasteiger partial charge in [-0.1, -0.05) is 25.5 Å². The number of hydrogen-bond acceptors (Lipinski definition) is 1. The molecule has 0 atom stereocenters. The molecule has 0 amide bonds. The van der Waals surface area contributed by atoms with E-state index in [1.807, 2.05) is 0 Å². The highest BCUT2D eigenvalue weighted by Crippen LogP contribution is 2.34. The quantitative estimate of drug-likeness (QED) is 0.705. The first-order chi connectivity index (χ1) is 9.41. The molecule has 0 bridgehead atoms. The Balaban J connectivity index is 2.10. The molecule has 0 radical (unpaired) electrons. The summed E-state index contributed by atoms with van der Waals surface area (Å²) < 4.78 is 38.0. The number of ketones is 1. The Hall–Kier alpha value is -1.32. The predicted molar refractivity (Wildman–Crippen MR) is 71.5 cm³/mol. The van der Waals surface area contributed by atoms with Gasteiger partial charge >= 0.3 is 6.18 Å². The molecule has 0 unspecified atom stereocenters. The summed E-state index contributed by atoms with van der Waals surface area (Å²) in [5.41, 5.74) is -0.551. The van der Waals surface area contributed by atoms with Crippen LogP contribution in [-0.4, -0.2) is 5.78 Å². The van der Waals surface area contributed by atoms with E-state index in [0.29, 0.717) is 5.92 Å². The minimum atomic E-state index is -4.39. The molecule has 0 aromatic heterocycles. The Labute approximate surface area is 117 Å². The summed E-state index contributed by atoms with van der Waals surface area (Å²) in [6.45, 7) is 2.14. The van der Waals surface area contributed by atoms with Gasteiger partial charge in [0, 0.05) is 11.5 Å². The molecule has 1 nitrogen and oxygen atoms in total. The number of Topliss-reactive ketones (excluding diaryl/α,β-unsaturated/α-hetero) is 1. The standard InChI is InChI=1S/C16H19F3O/c1-2-11-6-8-12(9-7-11)15(20)13-4-3-5-14(10-13)16(17,18)19/h3-5,10-12H,2,6-9H2,1H3. The Morgan fingerprint density at radius 2 is 1.85 bits per heavy atom. The van der Waals surface area contributed by atoms with Gasteiger partial charge in [-0.2, -0.15) is 13.2 Å². The van der Waals surface area contributed by atoms with Crippen molar-refractivity contribution < 1.29 is 18.0 Å². The first-order valence-corrected chi connectivity index (χ1v) is 7.13. The molecule has 1 aromatic carbocycles. The molecule has 1 saturated carbocycles. The first-order valence-electron chi connectivity index (χ1n) is 7.13. The molecule has 0 heterocycles. The van der Waals surface area contributed by atoms with Crippen molar-refractivity contribution in [1.82, 2.24) is 0 Å². The van der Waals surface area contributed by atoms with Crippen molar-refractivity contribution in [2.45, 2.75) is 45.2 Å². The Morgan fingerprint density at radius 3 is 2.40 bits per heavy atom. The van der Waals surface area contributed by atoms with Crippen LogP contribution >= 0.6 is 0 Å². The van der Waals surface area contributed by atoms with Crippen molar-refractivity contribution >= 4 is 5.78 Å². The fourth-order valence-corrected chi connectivity index (χ4v) is 2.92. The van der Waals surface area contributed by atoms with E-state index >= 15 is 0 Å². The van der Waals surface area contributed by atoms with E-state index in [0.717, 1.165) is 44.2 Å². The van der Waals surface area contributed by atoms with Gasteiger partial charge in [-0.25, -0.2) is 0 Å². The van der Waals surface area contributed by atoms with E-state index in [1.54, 1.807) is 0 Å². The third-order valence-electron chi connectivity index (χ3n) is 4.27. The SMILES string of the molecule is CCC1CCC(C(=O)c2cccc(C(F)(F)F)c2)CC1. The number of carbonyl (C=O) groups excluding carboxylic acids is 1. The maximum absolute atomic E-state index is 12.7. The van der Waals surface area contributed by atoms with Crippen molar-refractivity contribution in [2.24, 2.45) is 11.8 Å². The van der Waals surface area contributed by atoms with Gasteiger partial charge in [0.15, 0.2) is 5.78 Å². The summed E-state index contributed by atoms with van der Waals surface area (Å²) in [5, 5.41) is 0. The molecule has 20 heavy (non-hydrogen) atoms. The van der Waals surface area contributed by atoms with Crippen LogP contribution in [0.2, 0.25) is 0 Å². The van der Waals surface area contributed by atoms with Crippen molar-refractivity contribution in [1.29, 1.82) is 0 Å². The van der Waals surface area contributed by atoms with Crippen LogP contribution in [0.3, 0.4) is 0 Å². The van der Waals surface area contributed by atoms with Gasteiger partial charge in [0.2, 0.25) is 0 Å². The highest BCUT2D eigenvalue weighted by molar-refractivity contribution is 5.98. The van der Waals surface area contributed by atoms with E-state index in [2.05, 4.69) is 6.92 Å². The van der Waals surface area contributed by atoms with E-state index in [1.165, 1.54) is 12.1 Å². The normalized spacial score (nSPS) is 23.6. The van der Waals surface area contributed by atoms with Crippen molar-refractivity contribution in [2.75, 3.05) is 0 Å². The smallest absolute Gasteiger partial charge is 0.294 e. The molecule has 110 valence electrons. The average Bonchev–Trinajstić information content (AvgIpc) is 2.46. The van der Waals surface area contributed by atoms with Crippen LogP contribution in [0.5, 0.6) is 0 Å². The van der Waals surface area contributed by atoms with E-state index in [9.17, 15) is 18.0 Å². The van der Waals surface area contributed by atoms with Crippen molar-refractivity contribution in [3.63, 3.8) is 0 Å². The lowest BCUT2D eigenvalue weighted by atomic mass is 9.77. The van der Waals surface area contributed by atoms with Crippen molar-refractivity contribution in [3.8, 4) is 0 Å². The molecule has 4 heteroatoms. The van der Waals surface area contributed by atoms with Crippen LogP contribution in [0.4, 0.5) is 13.2 Å². The number of benzene rings is 1. The van der Waals surface area contributed by atoms with Gasteiger partial charge in [-0.05, 0) is 43.7 Å². The van der Waals surface area contributed by atoms with Gasteiger partial charge in [0.25, 0.3) is 0 Å². The molecule has 0 spiro atoms. The van der Waals surface area contributed by atoms with Gasteiger partial charge in [0.05, 0.1) is 5.56 Å². The lowest BCUT2D eigenvalue weighted by Gasteiger charge is -2.26. The lowest BCUT2D eigenvalue weighted by molar-refractivity contribution is -0.137. The second kappa shape index (κ2) is 5.98. The minimum absolute atomic E-state index is 0.110. The highest BCUT2D eigenvalue weighted by atomic mass is 19.4. The second-order valence-electron chi connectivity index (χ2n) is 5.57. The summed E-state index contributed by atoms with van der Waals surface area (Å²) in [6.07, 6.45) is 0.333. The molecule has 1 aromatic rings. The first kappa shape index (κ1) is 15.1. The molecule has 1 aliphatic rings. The van der Waals surface area contributed by atoms with E-state index in [4.69, 9.17) is 0 Å². The highest BCUT2D eigenvalue weighted by Gasteiger charge is 2.32. The predicted octanol–water partition coefficient (Wildman–Crippen LogP) is 5.10. The van der Waals surface area contributed by atoms with Gasteiger partial charge < -0.3 is 0 Å². The zero-order valence-electron chi connectivity index (χ0n) is 11.5. The Bertz CT molecular complexity index is 471. The van der Waals surface area contributed by atoms with Gasteiger partial charge in [-0.3, -0.25) is 4.79 Å². The van der Waals surface area contributed by atoms with Crippen LogP contribution in [0, 0.1) is 11.8 Å². The second-order valence-corrected chi connectivity index (χ2v) is 5.57. The zero-order valence-corrected chi connectivity index (χ0v) is 11.5. The van der Waals surface area contributed by atoms with E-state index < -0.39 is 11.7 Å². The van der Waals surface area contributed by atoms with Crippen LogP contribution in [0.25, 0.3) is 0 Å².